The van der Waals surface area contributed by atoms with Crippen LogP contribution in [-0.2, 0) is 11.3 Å². The van der Waals surface area contributed by atoms with Crippen LogP contribution in [0, 0.1) is 11.3 Å². The fourth-order valence-corrected chi connectivity index (χ4v) is 2.01. The van der Waals surface area contributed by atoms with Gasteiger partial charge in [-0.05, 0) is 24.6 Å². The van der Waals surface area contributed by atoms with Gasteiger partial charge in [-0.1, -0.05) is 36.4 Å². The van der Waals surface area contributed by atoms with E-state index in [9.17, 15) is 4.79 Å². The Morgan fingerprint density at radius 1 is 1.25 bits per heavy atom. The summed E-state index contributed by atoms with van der Waals surface area (Å²) in [7, 11) is 0. The van der Waals surface area contributed by atoms with Gasteiger partial charge >= 0.3 is 6.09 Å². The van der Waals surface area contributed by atoms with Gasteiger partial charge in [0, 0.05) is 0 Å². The van der Waals surface area contributed by atoms with Crippen molar-refractivity contribution in [3.8, 4) is 11.8 Å². The number of amides is 1. The molecule has 0 radical (unpaired) electrons. The van der Waals surface area contributed by atoms with Gasteiger partial charge in [0.25, 0.3) is 0 Å². The predicted molar refractivity (Wildman–Crippen MR) is 90.3 cm³/mol. The number of carbonyl (C=O) groups excluding carboxylic acids is 1. The molecule has 0 saturated carbocycles. The van der Waals surface area contributed by atoms with Gasteiger partial charge in [0.15, 0.2) is 0 Å². The Morgan fingerprint density at radius 2 is 2.00 bits per heavy atom. The first kappa shape index (κ1) is 17.2. The van der Waals surface area contributed by atoms with Crippen molar-refractivity contribution >= 4 is 11.8 Å². The minimum atomic E-state index is -0.525. The summed E-state index contributed by atoms with van der Waals surface area (Å²) in [6.45, 7) is 2.18. The van der Waals surface area contributed by atoms with Gasteiger partial charge in [-0.2, -0.15) is 5.26 Å². The lowest BCUT2D eigenvalue weighted by Crippen LogP contribution is -2.37. The minimum absolute atomic E-state index is 0.193. The van der Waals surface area contributed by atoms with E-state index in [1.54, 1.807) is 25.1 Å². The summed E-state index contributed by atoms with van der Waals surface area (Å²) in [4.78, 5) is 11.8. The van der Waals surface area contributed by atoms with Crippen molar-refractivity contribution in [3.63, 3.8) is 0 Å². The van der Waals surface area contributed by atoms with Gasteiger partial charge in [-0.25, -0.2) is 4.79 Å². The number of nitrogens with two attached hydrogens (primary N) is 1. The van der Waals surface area contributed by atoms with Crippen molar-refractivity contribution in [1.29, 1.82) is 5.26 Å². The van der Waals surface area contributed by atoms with Crippen LogP contribution in [0.1, 0.15) is 18.1 Å². The number of benzene rings is 2. The van der Waals surface area contributed by atoms with Crippen LogP contribution in [0.2, 0.25) is 0 Å². The fraction of sp³-hybridized carbons (Fsp3) is 0.222. The molecule has 6 heteroatoms. The molecule has 0 aliphatic heterocycles. The number of nitrogens with zero attached hydrogens (tertiary/aromatic N) is 1. The molecule has 0 aliphatic rings. The topological polar surface area (TPSA) is 97.4 Å². The Morgan fingerprint density at radius 3 is 2.71 bits per heavy atom. The lowest BCUT2D eigenvalue weighted by atomic mass is 10.2. The number of ether oxygens (including phenoxy) is 2. The predicted octanol–water partition coefficient (Wildman–Crippen LogP) is 2.83. The van der Waals surface area contributed by atoms with E-state index in [0.29, 0.717) is 11.4 Å². The van der Waals surface area contributed by atoms with E-state index in [4.69, 9.17) is 20.5 Å². The van der Waals surface area contributed by atoms with E-state index in [1.165, 1.54) is 0 Å². The quantitative estimate of drug-likeness (QED) is 0.796. The highest BCUT2D eigenvalue weighted by Crippen LogP contribution is 2.23. The molecule has 0 aliphatic carbocycles. The second kappa shape index (κ2) is 8.44. The zero-order valence-electron chi connectivity index (χ0n) is 13.4. The molecule has 2 rings (SSSR count). The zero-order valence-corrected chi connectivity index (χ0v) is 13.4. The van der Waals surface area contributed by atoms with Crippen LogP contribution in [0.5, 0.6) is 5.75 Å². The number of nitriles is 1. The Kier molecular flexibility index (Phi) is 6.03. The molecule has 2 aromatic carbocycles. The van der Waals surface area contributed by atoms with Crippen molar-refractivity contribution in [3.05, 3.63) is 59.7 Å². The maximum Gasteiger partial charge on any atom is 0.407 e. The number of nitrogens with one attached hydrogen (secondary N) is 1. The average molecular weight is 325 g/mol. The Labute approximate surface area is 140 Å². The molecule has 124 valence electrons. The highest BCUT2D eigenvalue weighted by atomic mass is 16.5. The molecule has 2 aromatic rings. The molecule has 1 amide bonds. The second-order valence-corrected chi connectivity index (χ2v) is 5.25. The summed E-state index contributed by atoms with van der Waals surface area (Å²) < 4.78 is 10.7. The first-order valence-corrected chi connectivity index (χ1v) is 7.48. The molecule has 1 atom stereocenters. The molecule has 0 saturated heterocycles. The maximum absolute atomic E-state index is 11.8. The van der Waals surface area contributed by atoms with Crippen LogP contribution < -0.4 is 15.8 Å². The normalized spacial score (nSPS) is 11.2. The summed E-state index contributed by atoms with van der Waals surface area (Å²) in [5.74, 6) is 0.392. The maximum atomic E-state index is 11.8. The average Bonchev–Trinajstić information content (AvgIpc) is 2.59. The third kappa shape index (κ3) is 4.92. The molecule has 0 aromatic heterocycles. The van der Waals surface area contributed by atoms with Crippen LogP contribution in [0.25, 0.3) is 0 Å². The SMILES string of the molecule is CC(COc1cccc(N)c1C#N)NC(=O)OCc1ccccc1. The Bertz CT molecular complexity index is 726. The molecule has 0 spiro atoms. The number of hydrogen-bond acceptors (Lipinski definition) is 5. The van der Waals surface area contributed by atoms with E-state index in [0.717, 1.165) is 5.56 Å². The highest BCUT2D eigenvalue weighted by Gasteiger charge is 2.12. The Balaban J connectivity index is 1.79. The van der Waals surface area contributed by atoms with E-state index in [2.05, 4.69) is 5.32 Å². The number of nitrogen functional groups attached to an aromatic ring is 1. The molecule has 0 heterocycles. The third-order valence-electron chi connectivity index (χ3n) is 3.24. The van der Waals surface area contributed by atoms with Crippen LogP contribution in [-0.4, -0.2) is 18.7 Å². The molecule has 1 unspecified atom stereocenters. The largest absolute Gasteiger partial charge is 0.490 e. The zero-order chi connectivity index (χ0) is 17.4. The summed E-state index contributed by atoms with van der Waals surface area (Å²) in [5, 5.41) is 11.8. The van der Waals surface area contributed by atoms with Gasteiger partial charge in [-0.15, -0.1) is 0 Å². The molecule has 3 N–H and O–H groups in total. The van der Waals surface area contributed by atoms with Gasteiger partial charge in [0.1, 0.15) is 30.6 Å². The van der Waals surface area contributed by atoms with Crippen molar-refractivity contribution in [2.75, 3.05) is 12.3 Å². The lowest BCUT2D eigenvalue weighted by molar-refractivity contribution is 0.132. The first-order chi connectivity index (χ1) is 11.6. The van der Waals surface area contributed by atoms with Gasteiger partial charge in [0.05, 0.1) is 11.7 Å². The molecule has 24 heavy (non-hydrogen) atoms. The van der Waals surface area contributed by atoms with E-state index in [-0.39, 0.29) is 24.8 Å². The van der Waals surface area contributed by atoms with Gasteiger partial charge < -0.3 is 20.5 Å². The summed E-state index contributed by atoms with van der Waals surface area (Å²) in [6, 6.07) is 16.1. The molecule has 0 fully saturated rings. The van der Waals surface area contributed by atoms with E-state index < -0.39 is 6.09 Å². The van der Waals surface area contributed by atoms with Crippen LogP contribution >= 0.6 is 0 Å². The number of hydrogen-bond donors (Lipinski definition) is 2. The number of anilines is 1. The van der Waals surface area contributed by atoms with Crippen LogP contribution in [0.4, 0.5) is 10.5 Å². The number of alkyl carbamates (subject to hydrolysis) is 1. The lowest BCUT2D eigenvalue weighted by Gasteiger charge is -2.16. The Hall–Kier alpha value is -3.20. The molecule has 6 nitrogen and oxygen atoms in total. The number of carbonyl (C=O) groups is 1. The highest BCUT2D eigenvalue weighted by molar-refractivity contribution is 5.67. The van der Waals surface area contributed by atoms with E-state index >= 15 is 0 Å². The monoisotopic (exact) mass is 325 g/mol. The molecular formula is C18H19N3O3. The molecular weight excluding hydrogens is 306 g/mol. The number of rotatable bonds is 6. The van der Waals surface area contributed by atoms with Crippen LogP contribution in [0.3, 0.4) is 0 Å². The third-order valence-corrected chi connectivity index (χ3v) is 3.24. The van der Waals surface area contributed by atoms with Crippen molar-refractivity contribution in [2.45, 2.75) is 19.6 Å². The van der Waals surface area contributed by atoms with Gasteiger partial charge in [0.2, 0.25) is 0 Å². The summed E-state index contributed by atoms with van der Waals surface area (Å²) in [6.07, 6.45) is -0.525. The first-order valence-electron chi connectivity index (χ1n) is 7.48. The van der Waals surface area contributed by atoms with E-state index in [1.807, 2.05) is 36.4 Å². The molecule has 0 bridgehead atoms. The second-order valence-electron chi connectivity index (χ2n) is 5.25. The standard InChI is InChI=1S/C18H19N3O3/c1-13(11-23-17-9-5-8-16(20)15(17)10-19)21-18(22)24-12-14-6-3-2-4-7-14/h2-9,13H,11-12,20H2,1H3,(H,21,22). The summed E-state index contributed by atoms with van der Waals surface area (Å²) in [5.41, 5.74) is 7.28. The van der Waals surface area contributed by atoms with Crippen LogP contribution in [0.15, 0.2) is 48.5 Å². The summed E-state index contributed by atoms with van der Waals surface area (Å²) >= 11 is 0. The smallest absolute Gasteiger partial charge is 0.407 e. The van der Waals surface area contributed by atoms with Gasteiger partial charge in [-0.3, -0.25) is 0 Å². The van der Waals surface area contributed by atoms with Crippen molar-refractivity contribution in [2.24, 2.45) is 0 Å². The fourth-order valence-electron chi connectivity index (χ4n) is 2.01. The van der Waals surface area contributed by atoms with Crippen molar-refractivity contribution in [1.82, 2.24) is 5.32 Å². The minimum Gasteiger partial charge on any atom is -0.490 e. The van der Waals surface area contributed by atoms with Crippen molar-refractivity contribution < 1.29 is 14.3 Å².